The van der Waals surface area contributed by atoms with Crippen molar-refractivity contribution < 1.29 is 14.7 Å². The molecule has 0 aliphatic carbocycles. The summed E-state index contributed by atoms with van der Waals surface area (Å²) in [5.74, 6) is 2.00. The highest BCUT2D eigenvalue weighted by Gasteiger charge is 2.39. The highest BCUT2D eigenvalue weighted by molar-refractivity contribution is 5.89. The Morgan fingerprint density at radius 3 is 2.54 bits per heavy atom. The molecule has 1 aromatic carbocycles. The minimum absolute atomic E-state index is 0.118. The van der Waals surface area contributed by atoms with Gasteiger partial charge in [0.1, 0.15) is 0 Å². The van der Waals surface area contributed by atoms with E-state index in [4.69, 9.17) is 6.42 Å². The Bertz CT molecular complexity index is 752. The lowest BCUT2D eigenvalue weighted by molar-refractivity contribution is -0.132. The van der Waals surface area contributed by atoms with Gasteiger partial charge in [-0.1, -0.05) is 18.2 Å². The zero-order valence-corrected chi connectivity index (χ0v) is 14.7. The maximum absolute atomic E-state index is 12.5. The molecule has 0 atom stereocenters. The fourth-order valence-electron chi connectivity index (χ4n) is 3.62. The number of carboxylic acids is 1. The average Bonchev–Trinajstić information content (AvgIpc) is 3.45. The number of aromatic carboxylic acids is 1. The highest BCUT2D eigenvalue weighted by atomic mass is 16.4. The number of hydrogen-bond acceptors (Lipinski definition) is 4. The van der Waals surface area contributed by atoms with Crippen molar-refractivity contribution in [2.24, 2.45) is 10.2 Å². The van der Waals surface area contributed by atoms with E-state index in [-0.39, 0.29) is 11.8 Å². The van der Waals surface area contributed by atoms with Gasteiger partial charge in [0.2, 0.25) is 5.91 Å². The van der Waals surface area contributed by atoms with Crippen molar-refractivity contribution in [1.82, 2.24) is 4.90 Å². The first kappa shape index (κ1) is 18.1. The van der Waals surface area contributed by atoms with Gasteiger partial charge in [-0.2, -0.15) is 10.2 Å². The summed E-state index contributed by atoms with van der Waals surface area (Å²) in [5, 5.41) is 17.5. The van der Waals surface area contributed by atoms with E-state index in [9.17, 15) is 14.7 Å². The predicted octanol–water partition coefficient (Wildman–Crippen LogP) is 3.45. The smallest absolute Gasteiger partial charge is 0.335 e. The SMILES string of the molecule is C#CCCC1(CCC(=O)N2CCC(c3ccccc3C(=O)O)CC2)N=N1. The molecule has 1 aromatic rings. The van der Waals surface area contributed by atoms with Gasteiger partial charge in [0.05, 0.1) is 5.56 Å². The number of rotatable bonds is 7. The van der Waals surface area contributed by atoms with Crippen LogP contribution >= 0.6 is 0 Å². The zero-order valence-electron chi connectivity index (χ0n) is 14.7. The molecule has 26 heavy (non-hydrogen) atoms. The van der Waals surface area contributed by atoms with Crippen LogP contribution in [0.25, 0.3) is 0 Å². The number of nitrogens with zero attached hydrogens (tertiary/aromatic N) is 3. The van der Waals surface area contributed by atoms with E-state index in [1.165, 1.54) is 0 Å². The third-order valence-electron chi connectivity index (χ3n) is 5.27. The van der Waals surface area contributed by atoms with Gasteiger partial charge in [0.25, 0.3) is 0 Å². The summed E-state index contributed by atoms with van der Waals surface area (Å²) < 4.78 is 0. The molecular weight excluding hydrogens is 330 g/mol. The lowest BCUT2D eigenvalue weighted by Gasteiger charge is -2.33. The highest BCUT2D eigenvalue weighted by Crippen LogP contribution is 2.38. The molecule has 6 heteroatoms. The Hall–Kier alpha value is -2.68. The number of terminal acetylenes is 1. The van der Waals surface area contributed by atoms with Crippen LogP contribution in [-0.4, -0.2) is 40.6 Å². The molecule has 1 amide bonds. The number of benzene rings is 1. The van der Waals surface area contributed by atoms with Crippen LogP contribution in [0.15, 0.2) is 34.5 Å². The standard InChI is InChI=1S/C20H23N3O3/c1-2-3-11-20(21-22-20)12-8-18(24)23-13-9-15(10-14-23)16-6-4-5-7-17(16)19(25)26/h1,4-7,15H,3,8-14H2,(H,25,26). The minimum Gasteiger partial charge on any atom is -0.478 e. The van der Waals surface area contributed by atoms with Gasteiger partial charge in [0.15, 0.2) is 5.66 Å². The molecule has 1 N–H and O–H groups in total. The number of hydrogen-bond donors (Lipinski definition) is 1. The summed E-state index contributed by atoms with van der Waals surface area (Å²) in [6.45, 7) is 1.31. The maximum atomic E-state index is 12.5. The van der Waals surface area contributed by atoms with Crippen molar-refractivity contribution in [3.63, 3.8) is 0 Å². The summed E-state index contributed by atoms with van der Waals surface area (Å²) in [5.41, 5.74) is 0.821. The quantitative estimate of drug-likeness (QED) is 0.762. The van der Waals surface area contributed by atoms with Gasteiger partial charge < -0.3 is 10.0 Å². The first-order chi connectivity index (χ1) is 12.5. The van der Waals surface area contributed by atoms with E-state index in [2.05, 4.69) is 16.1 Å². The molecule has 0 aromatic heterocycles. The Kier molecular flexibility index (Phi) is 5.36. The molecule has 0 spiro atoms. The number of carbonyl (C=O) groups is 2. The van der Waals surface area contributed by atoms with Crippen molar-refractivity contribution in [3.8, 4) is 12.3 Å². The summed E-state index contributed by atoms with van der Waals surface area (Å²) in [4.78, 5) is 25.7. The molecule has 2 heterocycles. The topological polar surface area (TPSA) is 82.3 Å². The van der Waals surface area contributed by atoms with E-state index in [0.29, 0.717) is 44.3 Å². The molecule has 3 rings (SSSR count). The molecule has 136 valence electrons. The van der Waals surface area contributed by atoms with E-state index < -0.39 is 11.6 Å². The number of amides is 1. The molecule has 0 saturated carbocycles. The van der Waals surface area contributed by atoms with Gasteiger partial charge in [-0.15, -0.1) is 12.3 Å². The molecule has 1 saturated heterocycles. The summed E-state index contributed by atoms with van der Waals surface area (Å²) >= 11 is 0. The van der Waals surface area contributed by atoms with Crippen LogP contribution in [0.1, 0.15) is 60.4 Å². The molecule has 0 bridgehead atoms. The van der Waals surface area contributed by atoms with Gasteiger partial charge >= 0.3 is 5.97 Å². The average molecular weight is 353 g/mol. The van der Waals surface area contributed by atoms with Crippen LogP contribution in [0, 0.1) is 12.3 Å². The lowest BCUT2D eigenvalue weighted by Crippen LogP contribution is -2.38. The first-order valence-corrected chi connectivity index (χ1v) is 9.02. The number of likely N-dealkylation sites (tertiary alicyclic amines) is 1. The minimum atomic E-state index is -0.895. The predicted molar refractivity (Wildman–Crippen MR) is 96.8 cm³/mol. The van der Waals surface area contributed by atoms with Crippen LogP contribution < -0.4 is 0 Å². The molecule has 1 fully saturated rings. The van der Waals surface area contributed by atoms with Crippen molar-refractivity contribution >= 4 is 11.9 Å². The van der Waals surface area contributed by atoms with Crippen LogP contribution in [0.2, 0.25) is 0 Å². The second-order valence-electron chi connectivity index (χ2n) is 6.93. The molecule has 2 aliphatic heterocycles. The Balaban J connectivity index is 1.50. The third kappa shape index (κ3) is 4.10. The van der Waals surface area contributed by atoms with E-state index in [0.717, 1.165) is 18.4 Å². The normalized spacial score (nSPS) is 18.3. The Morgan fingerprint density at radius 2 is 1.92 bits per heavy atom. The number of carbonyl (C=O) groups excluding carboxylic acids is 1. The Morgan fingerprint density at radius 1 is 1.23 bits per heavy atom. The largest absolute Gasteiger partial charge is 0.478 e. The fourth-order valence-corrected chi connectivity index (χ4v) is 3.62. The van der Waals surface area contributed by atoms with E-state index in [1.54, 1.807) is 12.1 Å². The number of carboxylic acid groups (broad SMARTS) is 1. The maximum Gasteiger partial charge on any atom is 0.335 e. The fraction of sp³-hybridized carbons (Fsp3) is 0.500. The van der Waals surface area contributed by atoms with Gasteiger partial charge in [-0.3, -0.25) is 4.79 Å². The summed E-state index contributed by atoms with van der Waals surface area (Å²) in [6, 6.07) is 7.15. The van der Waals surface area contributed by atoms with Crippen LogP contribution in [-0.2, 0) is 4.79 Å². The van der Waals surface area contributed by atoms with Gasteiger partial charge in [-0.05, 0) is 30.4 Å². The lowest BCUT2D eigenvalue weighted by atomic mass is 9.86. The van der Waals surface area contributed by atoms with Crippen LogP contribution in [0.4, 0.5) is 0 Å². The van der Waals surface area contributed by atoms with Crippen molar-refractivity contribution in [1.29, 1.82) is 0 Å². The summed E-state index contributed by atoms with van der Waals surface area (Å²) in [7, 11) is 0. The summed E-state index contributed by atoms with van der Waals surface area (Å²) in [6.07, 6.45) is 9.23. The molecule has 2 aliphatic rings. The molecular formula is C20H23N3O3. The van der Waals surface area contributed by atoms with E-state index >= 15 is 0 Å². The zero-order chi connectivity index (χ0) is 18.6. The van der Waals surface area contributed by atoms with Crippen molar-refractivity contribution in [2.75, 3.05) is 13.1 Å². The van der Waals surface area contributed by atoms with Crippen LogP contribution in [0.5, 0.6) is 0 Å². The second-order valence-corrected chi connectivity index (χ2v) is 6.93. The van der Waals surface area contributed by atoms with Crippen molar-refractivity contribution in [2.45, 2.75) is 50.1 Å². The van der Waals surface area contributed by atoms with Gasteiger partial charge in [-0.25, -0.2) is 4.79 Å². The van der Waals surface area contributed by atoms with Crippen molar-refractivity contribution in [3.05, 3.63) is 35.4 Å². The van der Waals surface area contributed by atoms with E-state index in [1.807, 2.05) is 17.0 Å². The first-order valence-electron chi connectivity index (χ1n) is 9.02. The molecule has 0 radical (unpaired) electrons. The Labute approximate surface area is 153 Å². The molecule has 6 nitrogen and oxygen atoms in total. The van der Waals surface area contributed by atoms with Gasteiger partial charge in [0, 0.05) is 38.8 Å². The van der Waals surface area contributed by atoms with Crippen LogP contribution in [0.3, 0.4) is 0 Å². The number of piperidine rings is 1. The third-order valence-corrected chi connectivity index (χ3v) is 5.27. The monoisotopic (exact) mass is 353 g/mol. The second kappa shape index (κ2) is 7.69. The molecule has 0 unspecified atom stereocenters.